The maximum absolute atomic E-state index is 10.7. The molecule has 0 aromatic heterocycles. The highest BCUT2D eigenvalue weighted by atomic mass is 35.5. The van der Waals surface area contributed by atoms with Crippen LogP contribution in [0.25, 0.3) is 0 Å². The molecule has 3 nitrogen and oxygen atoms in total. The minimum Gasteiger partial charge on any atom is -0.479 e. The van der Waals surface area contributed by atoms with E-state index in [9.17, 15) is 4.79 Å². The maximum atomic E-state index is 10.7. The molecule has 0 saturated heterocycles. The first kappa shape index (κ1) is 11.9. The van der Waals surface area contributed by atoms with Crippen LogP contribution in [-0.4, -0.2) is 17.1 Å². The Morgan fingerprint density at radius 2 is 1.93 bits per heavy atom. The summed E-state index contributed by atoms with van der Waals surface area (Å²) in [4.78, 5) is 10.7. The lowest BCUT2D eigenvalue weighted by Gasteiger charge is -2.11. The smallest absolute Gasteiger partial charge is 0.330 e. The lowest BCUT2D eigenvalue weighted by molar-refractivity contribution is -0.136. The molecule has 0 fully saturated rings. The molecule has 1 atom stereocenters. The SMILES string of the molecule is C=CC(Nc1cc(Cl)cc(Cl)c1)C(=O)O. The highest BCUT2D eigenvalue weighted by Gasteiger charge is 2.12. The molecule has 0 aliphatic carbocycles. The Balaban J connectivity index is 2.88. The summed E-state index contributed by atoms with van der Waals surface area (Å²) >= 11 is 11.5. The first-order chi connectivity index (χ1) is 7.02. The molecule has 1 aromatic carbocycles. The number of carboxylic acid groups (broad SMARTS) is 1. The molecular weight excluding hydrogens is 237 g/mol. The van der Waals surface area contributed by atoms with Gasteiger partial charge in [0.15, 0.2) is 0 Å². The van der Waals surface area contributed by atoms with Gasteiger partial charge in [-0.1, -0.05) is 29.3 Å². The molecule has 1 aromatic rings. The highest BCUT2D eigenvalue weighted by molar-refractivity contribution is 6.35. The van der Waals surface area contributed by atoms with Gasteiger partial charge < -0.3 is 10.4 Å². The average molecular weight is 246 g/mol. The molecule has 5 heteroatoms. The summed E-state index contributed by atoms with van der Waals surface area (Å²) in [6, 6.07) is 3.89. The molecule has 0 radical (unpaired) electrons. The monoisotopic (exact) mass is 245 g/mol. The molecule has 1 rings (SSSR count). The summed E-state index contributed by atoms with van der Waals surface area (Å²) in [5.74, 6) is -1.01. The molecule has 0 aliphatic heterocycles. The van der Waals surface area contributed by atoms with Crippen molar-refractivity contribution in [3.8, 4) is 0 Å². The van der Waals surface area contributed by atoms with Crippen LogP contribution in [-0.2, 0) is 4.79 Å². The van der Waals surface area contributed by atoms with Crippen LogP contribution in [0, 0.1) is 0 Å². The van der Waals surface area contributed by atoms with Gasteiger partial charge in [0.05, 0.1) is 0 Å². The van der Waals surface area contributed by atoms with Gasteiger partial charge in [-0.25, -0.2) is 4.79 Å². The first-order valence-electron chi connectivity index (χ1n) is 4.11. The van der Waals surface area contributed by atoms with E-state index < -0.39 is 12.0 Å². The molecule has 15 heavy (non-hydrogen) atoms. The minimum atomic E-state index is -1.01. The topological polar surface area (TPSA) is 49.3 Å². The Morgan fingerprint density at radius 3 is 2.33 bits per heavy atom. The van der Waals surface area contributed by atoms with Crippen molar-refractivity contribution in [2.75, 3.05) is 5.32 Å². The van der Waals surface area contributed by atoms with Crippen molar-refractivity contribution < 1.29 is 9.90 Å². The van der Waals surface area contributed by atoms with Crippen molar-refractivity contribution in [1.82, 2.24) is 0 Å². The number of aliphatic carboxylic acids is 1. The van der Waals surface area contributed by atoms with E-state index in [0.29, 0.717) is 15.7 Å². The predicted octanol–water partition coefficient (Wildman–Crippen LogP) is 3.04. The van der Waals surface area contributed by atoms with Crippen molar-refractivity contribution in [1.29, 1.82) is 0 Å². The number of carboxylic acids is 1. The van der Waals surface area contributed by atoms with Crippen LogP contribution in [0.3, 0.4) is 0 Å². The zero-order valence-corrected chi connectivity index (χ0v) is 9.22. The largest absolute Gasteiger partial charge is 0.479 e. The Kier molecular flexibility index (Phi) is 4.00. The van der Waals surface area contributed by atoms with Gasteiger partial charge in [0, 0.05) is 15.7 Å². The third-order valence-corrected chi connectivity index (χ3v) is 2.12. The fraction of sp³-hybridized carbons (Fsp3) is 0.100. The number of hydrogen-bond donors (Lipinski definition) is 2. The second-order valence-corrected chi connectivity index (χ2v) is 3.73. The first-order valence-corrected chi connectivity index (χ1v) is 4.86. The summed E-state index contributed by atoms with van der Waals surface area (Å²) < 4.78 is 0. The van der Waals surface area contributed by atoms with E-state index >= 15 is 0 Å². The number of hydrogen-bond acceptors (Lipinski definition) is 2. The van der Waals surface area contributed by atoms with E-state index in [4.69, 9.17) is 28.3 Å². The lowest BCUT2D eigenvalue weighted by Crippen LogP contribution is -2.26. The average Bonchev–Trinajstić information content (AvgIpc) is 2.12. The van der Waals surface area contributed by atoms with Gasteiger partial charge in [0.25, 0.3) is 0 Å². The van der Waals surface area contributed by atoms with Gasteiger partial charge in [-0.2, -0.15) is 0 Å². The van der Waals surface area contributed by atoms with Crippen molar-refractivity contribution >= 4 is 34.9 Å². The van der Waals surface area contributed by atoms with Crippen LogP contribution in [0.5, 0.6) is 0 Å². The second-order valence-electron chi connectivity index (χ2n) is 2.85. The fourth-order valence-electron chi connectivity index (χ4n) is 1.04. The van der Waals surface area contributed by atoms with Gasteiger partial charge >= 0.3 is 5.97 Å². The van der Waals surface area contributed by atoms with E-state index in [1.807, 2.05) is 0 Å². The van der Waals surface area contributed by atoms with E-state index in [2.05, 4.69) is 11.9 Å². The lowest BCUT2D eigenvalue weighted by atomic mass is 10.2. The van der Waals surface area contributed by atoms with Crippen LogP contribution >= 0.6 is 23.2 Å². The quantitative estimate of drug-likeness (QED) is 0.802. The third kappa shape index (κ3) is 3.46. The molecule has 0 heterocycles. The number of benzene rings is 1. The van der Waals surface area contributed by atoms with Crippen LogP contribution in [0.1, 0.15) is 0 Å². The normalized spacial score (nSPS) is 11.9. The summed E-state index contributed by atoms with van der Waals surface area (Å²) in [6.45, 7) is 3.41. The molecule has 0 saturated carbocycles. The number of halogens is 2. The number of anilines is 1. The molecular formula is C10H9Cl2NO2. The Bertz CT molecular complexity index is 373. The van der Waals surface area contributed by atoms with Gasteiger partial charge in [-0.3, -0.25) is 0 Å². The third-order valence-electron chi connectivity index (χ3n) is 1.69. The van der Waals surface area contributed by atoms with Gasteiger partial charge in [0.1, 0.15) is 6.04 Å². The summed E-state index contributed by atoms with van der Waals surface area (Å²) in [5.41, 5.74) is 0.541. The summed E-state index contributed by atoms with van der Waals surface area (Å²) in [6.07, 6.45) is 1.29. The standard InChI is InChI=1S/C10H9Cl2NO2/c1-2-9(10(14)15)13-8-4-6(11)3-7(12)5-8/h2-5,9,13H,1H2,(H,14,15). The van der Waals surface area contributed by atoms with Crippen LogP contribution in [0.4, 0.5) is 5.69 Å². The molecule has 0 aliphatic rings. The molecule has 0 spiro atoms. The molecule has 80 valence electrons. The van der Waals surface area contributed by atoms with Gasteiger partial charge in [-0.15, -0.1) is 6.58 Å². The number of nitrogens with one attached hydrogen (secondary N) is 1. The molecule has 0 bridgehead atoms. The van der Waals surface area contributed by atoms with E-state index in [-0.39, 0.29) is 0 Å². The summed E-state index contributed by atoms with van der Waals surface area (Å²) in [7, 11) is 0. The Hall–Kier alpha value is -1.19. The van der Waals surface area contributed by atoms with E-state index in [1.54, 1.807) is 18.2 Å². The summed E-state index contributed by atoms with van der Waals surface area (Å²) in [5, 5.41) is 12.4. The molecule has 1 unspecified atom stereocenters. The Morgan fingerprint density at radius 1 is 1.40 bits per heavy atom. The molecule has 2 N–H and O–H groups in total. The fourth-order valence-corrected chi connectivity index (χ4v) is 1.56. The van der Waals surface area contributed by atoms with Crippen LogP contribution in [0.2, 0.25) is 10.0 Å². The molecule has 0 amide bonds. The van der Waals surface area contributed by atoms with Crippen molar-refractivity contribution in [2.24, 2.45) is 0 Å². The van der Waals surface area contributed by atoms with Crippen molar-refractivity contribution in [3.63, 3.8) is 0 Å². The zero-order chi connectivity index (χ0) is 11.4. The van der Waals surface area contributed by atoms with Crippen molar-refractivity contribution in [2.45, 2.75) is 6.04 Å². The van der Waals surface area contributed by atoms with Crippen LogP contribution in [0.15, 0.2) is 30.9 Å². The minimum absolute atomic E-state index is 0.443. The Labute approximate surface area is 97.3 Å². The van der Waals surface area contributed by atoms with E-state index in [1.165, 1.54) is 6.08 Å². The maximum Gasteiger partial charge on any atom is 0.330 e. The second kappa shape index (κ2) is 5.05. The van der Waals surface area contributed by atoms with Crippen molar-refractivity contribution in [3.05, 3.63) is 40.9 Å². The highest BCUT2D eigenvalue weighted by Crippen LogP contribution is 2.22. The van der Waals surface area contributed by atoms with Gasteiger partial charge in [0.2, 0.25) is 0 Å². The van der Waals surface area contributed by atoms with Crippen LogP contribution < -0.4 is 5.32 Å². The van der Waals surface area contributed by atoms with Gasteiger partial charge in [-0.05, 0) is 18.2 Å². The number of carbonyl (C=O) groups is 1. The zero-order valence-electron chi connectivity index (χ0n) is 7.71. The van der Waals surface area contributed by atoms with E-state index in [0.717, 1.165) is 0 Å². The number of rotatable bonds is 4. The predicted molar refractivity (Wildman–Crippen MR) is 61.7 cm³/mol.